The predicted octanol–water partition coefficient (Wildman–Crippen LogP) is 2.42. The molecule has 140 valence electrons. The van der Waals surface area contributed by atoms with Crippen molar-refractivity contribution in [3.05, 3.63) is 65.7 Å². The molecule has 2 aromatic carbocycles. The van der Waals surface area contributed by atoms with Gasteiger partial charge in [-0.05, 0) is 37.3 Å². The zero-order valence-corrected chi connectivity index (χ0v) is 15.1. The van der Waals surface area contributed by atoms with Crippen molar-refractivity contribution in [1.82, 2.24) is 5.32 Å². The Labute approximate surface area is 150 Å². The Balaban J connectivity index is 2.24. The van der Waals surface area contributed by atoms with Crippen molar-refractivity contribution >= 4 is 15.8 Å². The summed E-state index contributed by atoms with van der Waals surface area (Å²) in [5.41, 5.74) is -2.01. The van der Waals surface area contributed by atoms with E-state index in [1.807, 2.05) is 0 Å². The van der Waals surface area contributed by atoms with Gasteiger partial charge in [-0.3, -0.25) is 5.32 Å². The molecule has 2 aromatic rings. The molecular weight excluding hydrogens is 364 g/mol. The number of ether oxygens (including phenoxy) is 1. The topological polar surface area (TPSA) is 72.5 Å². The van der Waals surface area contributed by atoms with Crippen molar-refractivity contribution in [1.29, 1.82) is 0 Å². The molecule has 0 heterocycles. The van der Waals surface area contributed by atoms with Gasteiger partial charge in [-0.25, -0.2) is 22.0 Å². The first-order chi connectivity index (χ1) is 12.2. The average Bonchev–Trinajstić information content (AvgIpc) is 2.63. The number of hydrogen-bond donors (Lipinski definition) is 1. The molecule has 0 bridgehead atoms. The lowest BCUT2D eigenvalue weighted by Gasteiger charge is -2.29. The maximum Gasteiger partial charge on any atom is 0.330 e. The minimum absolute atomic E-state index is 0.138. The van der Waals surface area contributed by atoms with Gasteiger partial charge in [0.1, 0.15) is 17.2 Å². The summed E-state index contributed by atoms with van der Waals surface area (Å²) in [6, 6.07) is 10.5. The largest absolute Gasteiger partial charge is 0.467 e. The number of benzene rings is 2. The van der Waals surface area contributed by atoms with E-state index in [2.05, 4.69) is 5.32 Å². The zero-order chi connectivity index (χ0) is 19.4. The molecule has 8 heteroatoms. The molecule has 1 N–H and O–H groups in total. The van der Waals surface area contributed by atoms with Crippen molar-refractivity contribution < 1.29 is 26.7 Å². The number of carbonyl (C=O) groups is 1. The van der Waals surface area contributed by atoms with Crippen molar-refractivity contribution in [2.24, 2.45) is 0 Å². The minimum atomic E-state index is -3.60. The van der Waals surface area contributed by atoms with Crippen LogP contribution in [0.4, 0.5) is 8.78 Å². The van der Waals surface area contributed by atoms with E-state index >= 15 is 0 Å². The highest BCUT2D eigenvalue weighted by molar-refractivity contribution is 7.91. The van der Waals surface area contributed by atoms with Gasteiger partial charge in [-0.2, -0.15) is 0 Å². The van der Waals surface area contributed by atoms with Gasteiger partial charge in [-0.1, -0.05) is 18.2 Å². The molecule has 1 atom stereocenters. The maximum absolute atomic E-state index is 14.2. The van der Waals surface area contributed by atoms with Crippen molar-refractivity contribution in [2.75, 3.05) is 19.4 Å². The Morgan fingerprint density at radius 2 is 1.81 bits per heavy atom. The summed E-state index contributed by atoms with van der Waals surface area (Å²) in [7, 11) is -2.49. The minimum Gasteiger partial charge on any atom is -0.467 e. The van der Waals surface area contributed by atoms with Gasteiger partial charge in [0.05, 0.1) is 17.8 Å². The van der Waals surface area contributed by atoms with E-state index in [1.165, 1.54) is 19.1 Å². The second-order valence-corrected chi connectivity index (χ2v) is 7.91. The van der Waals surface area contributed by atoms with Crippen LogP contribution in [0.25, 0.3) is 0 Å². The Morgan fingerprint density at radius 3 is 2.42 bits per heavy atom. The van der Waals surface area contributed by atoms with E-state index in [0.29, 0.717) is 0 Å². The van der Waals surface area contributed by atoms with Crippen LogP contribution in [0.1, 0.15) is 12.5 Å². The fraction of sp³-hybridized carbons (Fsp3) is 0.278. The molecular formula is C18H19F2NO4S. The summed E-state index contributed by atoms with van der Waals surface area (Å²) in [5, 5.41) is 2.70. The molecule has 2 rings (SSSR count). The Morgan fingerprint density at radius 1 is 1.15 bits per heavy atom. The number of esters is 1. The third-order valence-electron chi connectivity index (χ3n) is 4.01. The van der Waals surface area contributed by atoms with E-state index in [4.69, 9.17) is 4.74 Å². The highest BCUT2D eigenvalue weighted by Crippen LogP contribution is 2.26. The van der Waals surface area contributed by atoms with Crippen LogP contribution in [-0.2, 0) is 24.9 Å². The first-order valence-corrected chi connectivity index (χ1v) is 9.43. The molecule has 0 fully saturated rings. The van der Waals surface area contributed by atoms with Gasteiger partial charge < -0.3 is 4.74 Å². The van der Waals surface area contributed by atoms with Gasteiger partial charge >= 0.3 is 5.97 Å². The lowest BCUT2D eigenvalue weighted by Crippen LogP contribution is -2.49. The highest BCUT2D eigenvalue weighted by Gasteiger charge is 2.39. The maximum atomic E-state index is 14.2. The molecule has 0 radical (unpaired) electrons. The number of rotatable bonds is 7. The third kappa shape index (κ3) is 4.25. The van der Waals surface area contributed by atoms with Crippen LogP contribution >= 0.6 is 0 Å². The molecule has 0 aliphatic heterocycles. The van der Waals surface area contributed by atoms with Gasteiger partial charge in [-0.15, -0.1) is 0 Å². The summed E-state index contributed by atoms with van der Waals surface area (Å²) < 4.78 is 57.0. The van der Waals surface area contributed by atoms with Crippen LogP contribution in [-0.4, -0.2) is 33.8 Å². The summed E-state index contributed by atoms with van der Waals surface area (Å²) >= 11 is 0. The predicted molar refractivity (Wildman–Crippen MR) is 92.2 cm³/mol. The molecule has 26 heavy (non-hydrogen) atoms. The Hall–Kier alpha value is -2.32. The number of sulfone groups is 1. The number of nitrogens with one attached hydrogen (secondary N) is 1. The van der Waals surface area contributed by atoms with Crippen molar-refractivity contribution in [2.45, 2.75) is 17.4 Å². The van der Waals surface area contributed by atoms with Gasteiger partial charge in [0.2, 0.25) is 0 Å². The van der Waals surface area contributed by atoms with Crippen LogP contribution in [0.5, 0.6) is 0 Å². The molecule has 0 saturated heterocycles. The number of hydrogen-bond acceptors (Lipinski definition) is 5. The second kappa shape index (κ2) is 7.92. The molecule has 5 nitrogen and oxygen atoms in total. The molecule has 0 aromatic heterocycles. The van der Waals surface area contributed by atoms with Crippen LogP contribution in [0.3, 0.4) is 0 Å². The lowest BCUT2D eigenvalue weighted by atomic mass is 9.91. The molecule has 0 amide bonds. The van der Waals surface area contributed by atoms with Crippen molar-refractivity contribution in [3.63, 3.8) is 0 Å². The molecule has 0 saturated carbocycles. The van der Waals surface area contributed by atoms with E-state index in [0.717, 1.165) is 25.3 Å². The quantitative estimate of drug-likeness (QED) is 0.744. The monoisotopic (exact) mass is 383 g/mol. The standard InChI is InChI=1S/C18H19F2NO4S/c1-18(17(22)25-2,15-12-13(19)8-9-16(15)20)21-10-11-26(23,24)14-6-4-3-5-7-14/h3-9,12,21H,10-11H2,1-2H3. The molecule has 0 aliphatic carbocycles. The SMILES string of the molecule is COC(=O)C(C)(NCCS(=O)(=O)c1ccccc1)c1cc(F)ccc1F. The fourth-order valence-electron chi connectivity index (χ4n) is 2.54. The summed E-state index contributed by atoms with van der Waals surface area (Å²) in [4.78, 5) is 12.3. The summed E-state index contributed by atoms with van der Waals surface area (Å²) in [5.74, 6) is -2.73. The summed E-state index contributed by atoms with van der Waals surface area (Å²) in [6.45, 7) is 1.14. The highest BCUT2D eigenvalue weighted by atomic mass is 32.2. The number of halogens is 2. The average molecular weight is 383 g/mol. The third-order valence-corrected chi connectivity index (χ3v) is 5.74. The van der Waals surface area contributed by atoms with E-state index in [9.17, 15) is 22.0 Å². The number of carbonyl (C=O) groups excluding carboxylic acids is 1. The Bertz CT molecular complexity index is 887. The first kappa shape index (κ1) is 20.0. The number of methoxy groups -OCH3 is 1. The van der Waals surface area contributed by atoms with E-state index < -0.39 is 33.0 Å². The summed E-state index contributed by atoms with van der Waals surface area (Å²) in [6.07, 6.45) is 0. The van der Waals surface area contributed by atoms with Gasteiger partial charge in [0.25, 0.3) is 0 Å². The normalized spacial score (nSPS) is 13.8. The first-order valence-electron chi connectivity index (χ1n) is 7.77. The molecule has 0 aliphatic rings. The fourth-order valence-corrected chi connectivity index (χ4v) is 3.72. The smallest absolute Gasteiger partial charge is 0.330 e. The van der Waals surface area contributed by atoms with Gasteiger partial charge in [0, 0.05) is 12.1 Å². The van der Waals surface area contributed by atoms with E-state index in [-0.39, 0.29) is 22.8 Å². The zero-order valence-electron chi connectivity index (χ0n) is 14.3. The van der Waals surface area contributed by atoms with Crippen LogP contribution in [0.15, 0.2) is 53.4 Å². The van der Waals surface area contributed by atoms with Gasteiger partial charge in [0.15, 0.2) is 9.84 Å². The van der Waals surface area contributed by atoms with Crippen molar-refractivity contribution in [3.8, 4) is 0 Å². The van der Waals surface area contributed by atoms with Crippen LogP contribution in [0.2, 0.25) is 0 Å². The van der Waals surface area contributed by atoms with Crippen LogP contribution < -0.4 is 5.32 Å². The Kier molecular flexibility index (Phi) is 6.09. The lowest BCUT2D eigenvalue weighted by molar-refractivity contribution is -0.148. The van der Waals surface area contributed by atoms with Crippen LogP contribution in [0, 0.1) is 11.6 Å². The second-order valence-electron chi connectivity index (χ2n) is 5.80. The molecule has 1 unspecified atom stereocenters. The van der Waals surface area contributed by atoms with E-state index in [1.54, 1.807) is 18.2 Å². The molecule has 0 spiro atoms.